The molecular weight excluding hydrogens is 354 g/mol. The lowest BCUT2D eigenvalue weighted by Crippen LogP contribution is -2.49. The van der Waals surface area contributed by atoms with Crippen LogP contribution in [-0.4, -0.2) is 68.5 Å². The van der Waals surface area contributed by atoms with Gasteiger partial charge in [-0.15, -0.1) is 0 Å². The van der Waals surface area contributed by atoms with E-state index in [2.05, 4.69) is 17.3 Å². The van der Waals surface area contributed by atoms with Gasteiger partial charge in [-0.1, -0.05) is 12.1 Å². The summed E-state index contributed by atoms with van der Waals surface area (Å²) in [4.78, 5) is 29.5. The number of ether oxygens (including phenoxy) is 1. The number of piperazine rings is 1. The highest BCUT2D eigenvalue weighted by Gasteiger charge is 2.32. The maximum absolute atomic E-state index is 12.7. The molecule has 1 aliphatic carbocycles. The number of nitrogens with one attached hydrogen (secondary N) is 1. The van der Waals surface area contributed by atoms with Gasteiger partial charge in [0.1, 0.15) is 5.75 Å². The smallest absolute Gasteiger partial charge is 0.225 e. The molecule has 1 saturated carbocycles. The van der Waals surface area contributed by atoms with Gasteiger partial charge in [-0.2, -0.15) is 0 Å². The normalized spacial score (nSPS) is 23.3. The van der Waals surface area contributed by atoms with E-state index < -0.39 is 0 Å². The Hall–Kier alpha value is -2.08. The van der Waals surface area contributed by atoms with Crippen molar-refractivity contribution < 1.29 is 14.3 Å². The van der Waals surface area contributed by atoms with E-state index in [-0.39, 0.29) is 17.7 Å². The van der Waals surface area contributed by atoms with Crippen LogP contribution < -0.4 is 10.1 Å². The molecule has 28 heavy (non-hydrogen) atoms. The lowest BCUT2D eigenvalue weighted by molar-refractivity contribution is -0.139. The zero-order chi connectivity index (χ0) is 19.9. The fourth-order valence-corrected chi connectivity index (χ4v) is 4.19. The summed E-state index contributed by atoms with van der Waals surface area (Å²) in [6.45, 7) is 4.21. The molecule has 6 nitrogen and oxygen atoms in total. The molecule has 2 fully saturated rings. The minimum Gasteiger partial charge on any atom is -0.497 e. The number of hydrogen-bond donors (Lipinski definition) is 1. The Morgan fingerprint density at radius 2 is 1.75 bits per heavy atom. The van der Waals surface area contributed by atoms with Gasteiger partial charge in [0.25, 0.3) is 0 Å². The molecule has 0 atom stereocenters. The summed E-state index contributed by atoms with van der Waals surface area (Å²) in [7, 11) is 3.76. The molecule has 0 aromatic heterocycles. The maximum atomic E-state index is 12.7. The first-order chi connectivity index (χ1) is 13.6. The van der Waals surface area contributed by atoms with Crippen molar-refractivity contribution in [2.24, 2.45) is 11.8 Å². The Bertz CT molecular complexity index is 663. The van der Waals surface area contributed by atoms with E-state index in [1.807, 2.05) is 29.2 Å². The van der Waals surface area contributed by atoms with Crippen LogP contribution in [-0.2, 0) is 16.0 Å². The van der Waals surface area contributed by atoms with Gasteiger partial charge in [-0.05, 0) is 56.8 Å². The summed E-state index contributed by atoms with van der Waals surface area (Å²) >= 11 is 0. The molecule has 2 aliphatic rings. The third-order valence-corrected chi connectivity index (χ3v) is 6.11. The van der Waals surface area contributed by atoms with Gasteiger partial charge >= 0.3 is 0 Å². The van der Waals surface area contributed by atoms with E-state index in [1.54, 1.807) is 7.11 Å². The maximum Gasteiger partial charge on any atom is 0.225 e. The summed E-state index contributed by atoms with van der Waals surface area (Å²) in [5.74, 6) is 1.41. The first kappa shape index (κ1) is 20.6. The molecule has 1 saturated heterocycles. The fourth-order valence-electron chi connectivity index (χ4n) is 4.19. The van der Waals surface area contributed by atoms with Crippen LogP contribution in [0.5, 0.6) is 5.75 Å². The summed E-state index contributed by atoms with van der Waals surface area (Å²) < 4.78 is 5.24. The third-order valence-electron chi connectivity index (χ3n) is 6.11. The molecule has 1 heterocycles. The Kier molecular flexibility index (Phi) is 7.31. The Labute approximate surface area is 168 Å². The molecule has 6 heteroatoms. The van der Waals surface area contributed by atoms with Crippen molar-refractivity contribution in [1.82, 2.24) is 15.1 Å². The zero-order valence-corrected chi connectivity index (χ0v) is 17.2. The summed E-state index contributed by atoms with van der Waals surface area (Å²) in [5.41, 5.74) is 1.15. The Morgan fingerprint density at radius 1 is 1.07 bits per heavy atom. The first-order valence-corrected chi connectivity index (χ1v) is 10.4. The monoisotopic (exact) mass is 387 g/mol. The first-order valence-electron chi connectivity index (χ1n) is 10.4. The number of likely N-dealkylation sites (N-methyl/N-ethyl adjacent to an activating group) is 1. The molecule has 0 spiro atoms. The second-order valence-electron chi connectivity index (χ2n) is 8.07. The lowest BCUT2D eigenvalue weighted by atomic mass is 9.81. The Balaban J connectivity index is 1.38. The molecular formula is C22H33N3O3. The van der Waals surface area contributed by atoms with Crippen LogP contribution in [0.4, 0.5) is 0 Å². The predicted molar refractivity (Wildman–Crippen MR) is 109 cm³/mol. The fraction of sp³-hybridized carbons (Fsp3) is 0.636. The summed E-state index contributed by atoms with van der Waals surface area (Å²) in [5, 5.41) is 3.07. The predicted octanol–water partition coefficient (Wildman–Crippen LogP) is 1.93. The van der Waals surface area contributed by atoms with Crippen molar-refractivity contribution in [2.45, 2.75) is 32.1 Å². The second kappa shape index (κ2) is 9.92. The van der Waals surface area contributed by atoms with Crippen LogP contribution in [0.2, 0.25) is 0 Å². The minimum absolute atomic E-state index is 0.0434. The second-order valence-corrected chi connectivity index (χ2v) is 8.07. The Morgan fingerprint density at radius 3 is 2.43 bits per heavy atom. The SMILES string of the molecule is COc1cccc(CCNC(=O)C2CCC(C(=O)N3CCN(C)CC3)CC2)c1. The number of carbonyl (C=O) groups excluding carboxylic acids is 2. The molecule has 1 aliphatic heterocycles. The van der Waals surface area contributed by atoms with Crippen LogP contribution in [0.25, 0.3) is 0 Å². The molecule has 0 radical (unpaired) electrons. The third kappa shape index (κ3) is 5.47. The molecule has 1 aromatic carbocycles. The van der Waals surface area contributed by atoms with E-state index in [0.29, 0.717) is 12.5 Å². The number of amides is 2. The van der Waals surface area contributed by atoms with Gasteiger partial charge in [0, 0.05) is 44.6 Å². The highest BCUT2D eigenvalue weighted by Crippen LogP contribution is 2.30. The molecule has 2 amide bonds. The van der Waals surface area contributed by atoms with Crippen molar-refractivity contribution in [2.75, 3.05) is 46.9 Å². The van der Waals surface area contributed by atoms with E-state index in [9.17, 15) is 9.59 Å². The highest BCUT2D eigenvalue weighted by molar-refractivity contribution is 5.81. The molecule has 3 rings (SSSR count). The number of hydrogen-bond acceptors (Lipinski definition) is 4. The molecule has 1 N–H and O–H groups in total. The molecule has 154 valence electrons. The number of benzene rings is 1. The average Bonchev–Trinajstić information content (AvgIpc) is 2.74. The van der Waals surface area contributed by atoms with E-state index in [4.69, 9.17) is 4.74 Å². The van der Waals surface area contributed by atoms with Crippen LogP contribution in [0, 0.1) is 11.8 Å². The largest absolute Gasteiger partial charge is 0.497 e. The standard InChI is InChI=1S/C22H33N3O3/c1-24-12-14-25(15-13-24)22(27)19-8-6-18(7-9-19)21(26)23-11-10-17-4-3-5-20(16-17)28-2/h3-5,16,18-19H,6-15H2,1-2H3,(H,23,26). The van der Waals surface area contributed by atoms with Crippen LogP contribution >= 0.6 is 0 Å². The van der Waals surface area contributed by atoms with Crippen LogP contribution in [0.3, 0.4) is 0 Å². The number of nitrogens with zero attached hydrogens (tertiary/aromatic N) is 2. The lowest BCUT2D eigenvalue weighted by Gasteiger charge is -2.36. The van der Waals surface area contributed by atoms with Gasteiger partial charge in [0.15, 0.2) is 0 Å². The average molecular weight is 388 g/mol. The van der Waals surface area contributed by atoms with Crippen molar-refractivity contribution in [3.8, 4) is 5.75 Å². The minimum atomic E-state index is 0.0434. The summed E-state index contributed by atoms with van der Waals surface area (Å²) in [6, 6.07) is 7.93. The van der Waals surface area contributed by atoms with Crippen molar-refractivity contribution >= 4 is 11.8 Å². The highest BCUT2D eigenvalue weighted by atomic mass is 16.5. The van der Waals surface area contributed by atoms with Crippen LogP contribution in [0.1, 0.15) is 31.2 Å². The van der Waals surface area contributed by atoms with E-state index in [0.717, 1.165) is 69.6 Å². The van der Waals surface area contributed by atoms with Gasteiger partial charge < -0.3 is 19.9 Å². The van der Waals surface area contributed by atoms with Crippen LogP contribution in [0.15, 0.2) is 24.3 Å². The van der Waals surface area contributed by atoms with Crippen molar-refractivity contribution in [1.29, 1.82) is 0 Å². The van der Waals surface area contributed by atoms with Gasteiger partial charge in [0.2, 0.25) is 11.8 Å². The van der Waals surface area contributed by atoms with E-state index >= 15 is 0 Å². The van der Waals surface area contributed by atoms with Crippen molar-refractivity contribution in [3.63, 3.8) is 0 Å². The van der Waals surface area contributed by atoms with E-state index in [1.165, 1.54) is 0 Å². The van der Waals surface area contributed by atoms with Gasteiger partial charge in [-0.25, -0.2) is 0 Å². The van der Waals surface area contributed by atoms with Gasteiger partial charge in [-0.3, -0.25) is 9.59 Å². The molecule has 0 bridgehead atoms. The summed E-state index contributed by atoms with van der Waals surface area (Å²) in [6.07, 6.45) is 4.09. The molecule has 0 unspecified atom stereocenters. The number of methoxy groups -OCH3 is 1. The number of rotatable bonds is 6. The van der Waals surface area contributed by atoms with Crippen molar-refractivity contribution in [3.05, 3.63) is 29.8 Å². The zero-order valence-electron chi connectivity index (χ0n) is 17.2. The topological polar surface area (TPSA) is 61.9 Å². The number of carbonyl (C=O) groups is 2. The quantitative estimate of drug-likeness (QED) is 0.810. The van der Waals surface area contributed by atoms with Gasteiger partial charge in [0.05, 0.1) is 7.11 Å². The molecule has 1 aromatic rings.